The Balaban J connectivity index is 2.06. The normalized spacial score (nSPS) is 19.2. The number of aryl methyl sites for hydroxylation is 2. The lowest BCUT2D eigenvalue weighted by Crippen LogP contribution is -2.29. The average molecular weight is 252 g/mol. The number of carboxylic acids is 1. The van der Waals surface area contributed by atoms with Crippen LogP contribution in [0, 0.1) is 19.8 Å². The van der Waals surface area contributed by atoms with Crippen LogP contribution in [-0.4, -0.2) is 40.1 Å². The Hall–Kier alpha value is -1.85. The van der Waals surface area contributed by atoms with Crippen LogP contribution in [0.3, 0.4) is 0 Å². The van der Waals surface area contributed by atoms with Gasteiger partial charge in [-0.25, -0.2) is 0 Å². The molecule has 1 fully saturated rings. The van der Waals surface area contributed by atoms with Gasteiger partial charge in [-0.1, -0.05) is 5.16 Å². The molecular formula is C12H16N2O4. The maximum absolute atomic E-state index is 12.3. The molecule has 1 aromatic rings. The standard InChI is InChI=1S/C12H16N2O4/c1-7-11(8(2)18-13-7)12(17)14-4-3-9(6-14)5-10(15)16/h9H,3-6H2,1-2H3,(H,15,16). The van der Waals surface area contributed by atoms with Gasteiger partial charge in [-0.2, -0.15) is 0 Å². The maximum atomic E-state index is 12.3. The van der Waals surface area contributed by atoms with Crippen LogP contribution in [0.25, 0.3) is 0 Å². The van der Waals surface area contributed by atoms with Gasteiger partial charge in [0.1, 0.15) is 11.3 Å². The van der Waals surface area contributed by atoms with Crippen LogP contribution in [0.2, 0.25) is 0 Å². The number of nitrogens with zero attached hydrogens (tertiary/aromatic N) is 2. The molecular weight excluding hydrogens is 236 g/mol. The molecule has 1 saturated heterocycles. The number of likely N-dealkylation sites (tertiary alicyclic amines) is 1. The summed E-state index contributed by atoms with van der Waals surface area (Å²) in [6.45, 7) is 4.53. The van der Waals surface area contributed by atoms with Gasteiger partial charge in [-0.3, -0.25) is 9.59 Å². The van der Waals surface area contributed by atoms with Crippen molar-refractivity contribution in [3.8, 4) is 0 Å². The monoisotopic (exact) mass is 252 g/mol. The summed E-state index contributed by atoms with van der Waals surface area (Å²) in [7, 11) is 0. The second-order valence-electron chi connectivity index (χ2n) is 4.70. The minimum Gasteiger partial charge on any atom is -0.481 e. The molecule has 1 amide bonds. The van der Waals surface area contributed by atoms with Gasteiger partial charge >= 0.3 is 5.97 Å². The third-order valence-electron chi connectivity index (χ3n) is 3.28. The van der Waals surface area contributed by atoms with Gasteiger partial charge < -0.3 is 14.5 Å². The first-order valence-electron chi connectivity index (χ1n) is 5.93. The van der Waals surface area contributed by atoms with Crippen molar-refractivity contribution in [1.29, 1.82) is 0 Å². The summed E-state index contributed by atoms with van der Waals surface area (Å²) in [5.74, 6) is -0.364. The fraction of sp³-hybridized carbons (Fsp3) is 0.583. The third kappa shape index (κ3) is 2.37. The van der Waals surface area contributed by atoms with E-state index in [1.807, 2.05) is 0 Å². The summed E-state index contributed by atoms with van der Waals surface area (Å²) in [6, 6.07) is 0. The molecule has 0 aromatic carbocycles. The van der Waals surface area contributed by atoms with E-state index >= 15 is 0 Å². The zero-order chi connectivity index (χ0) is 13.3. The molecule has 2 rings (SSSR count). The van der Waals surface area contributed by atoms with Crippen molar-refractivity contribution in [3.05, 3.63) is 17.0 Å². The number of aliphatic carboxylic acids is 1. The number of hydrogen-bond acceptors (Lipinski definition) is 4. The minimum atomic E-state index is -0.813. The number of carbonyl (C=O) groups is 2. The highest BCUT2D eigenvalue weighted by molar-refractivity contribution is 5.96. The second-order valence-corrected chi connectivity index (χ2v) is 4.70. The number of amides is 1. The molecule has 1 atom stereocenters. The Bertz CT molecular complexity index is 461. The number of aromatic nitrogens is 1. The lowest BCUT2D eigenvalue weighted by molar-refractivity contribution is -0.138. The molecule has 98 valence electrons. The molecule has 6 nitrogen and oxygen atoms in total. The Morgan fingerprint density at radius 1 is 1.50 bits per heavy atom. The number of rotatable bonds is 3. The van der Waals surface area contributed by atoms with Crippen LogP contribution >= 0.6 is 0 Å². The summed E-state index contributed by atoms with van der Waals surface area (Å²) in [4.78, 5) is 24.6. The largest absolute Gasteiger partial charge is 0.481 e. The van der Waals surface area contributed by atoms with Gasteiger partial charge in [0.15, 0.2) is 0 Å². The van der Waals surface area contributed by atoms with E-state index in [-0.39, 0.29) is 18.2 Å². The SMILES string of the molecule is Cc1noc(C)c1C(=O)N1CCC(CC(=O)O)C1. The zero-order valence-electron chi connectivity index (χ0n) is 10.5. The van der Waals surface area contributed by atoms with Crippen molar-refractivity contribution < 1.29 is 19.2 Å². The number of carboxylic acid groups (broad SMARTS) is 1. The summed E-state index contributed by atoms with van der Waals surface area (Å²) < 4.78 is 4.98. The Morgan fingerprint density at radius 2 is 2.22 bits per heavy atom. The molecule has 0 radical (unpaired) electrons. The molecule has 1 N–H and O–H groups in total. The maximum Gasteiger partial charge on any atom is 0.303 e. The summed E-state index contributed by atoms with van der Waals surface area (Å²) in [5, 5.41) is 12.5. The summed E-state index contributed by atoms with van der Waals surface area (Å²) in [5.41, 5.74) is 1.09. The van der Waals surface area contributed by atoms with E-state index in [0.29, 0.717) is 30.1 Å². The van der Waals surface area contributed by atoms with E-state index in [0.717, 1.165) is 6.42 Å². The molecule has 1 aliphatic rings. The summed E-state index contributed by atoms with van der Waals surface area (Å²) in [6.07, 6.45) is 0.854. The zero-order valence-corrected chi connectivity index (χ0v) is 10.5. The molecule has 6 heteroatoms. The summed E-state index contributed by atoms with van der Waals surface area (Å²) >= 11 is 0. The van der Waals surface area contributed by atoms with Crippen LogP contribution in [0.4, 0.5) is 0 Å². The second kappa shape index (κ2) is 4.80. The fourth-order valence-electron chi connectivity index (χ4n) is 2.38. The van der Waals surface area contributed by atoms with E-state index in [9.17, 15) is 9.59 Å². The van der Waals surface area contributed by atoms with Crippen molar-refractivity contribution in [2.45, 2.75) is 26.7 Å². The van der Waals surface area contributed by atoms with Crippen LogP contribution in [-0.2, 0) is 4.79 Å². The Kier molecular flexibility index (Phi) is 3.36. The van der Waals surface area contributed by atoms with Crippen molar-refractivity contribution in [2.75, 3.05) is 13.1 Å². The van der Waals surface area contributed by atoms with E-state index in [2.05, 4.69) is 5.16 Å². The van der Waals surface area contributed by atoms with E-state index in [1.165, 1.54) is 0 Å². The van der Waals surface area contributed by atoms with E-state index in [1.54, 1.807) is 18.7 Å². The van der Waals surface area contributed by atoms with Gasteiger partial charge in [0, 0.05) is 19.5 Å². The van der Waals surface area contributed by atoms with Crippen LogP contribution < -0.4 is 0 Å². The van der Waals surface area contributed by atoms with Crippen molar-refractivity contribution in [3.63, 3.8) is 0 Å². The Morgan fingerprint density at radius 3 is 2.78 bits per heavy atom. The van der Waals surface area contributed by atoms with Crippen LogP contribution in [0.1, 0.15) is 34.7 Å². The quantitative estimate of drug-likeness (QED) is 0.874. The highest BCUT2D eigenvalue weighted by Crippen LogP contribution is 2.23. The van der Waals surface area contributed by atoms with E-state index in [4.69, 9.17) is 9.63 Å². The molecule has 0 bridgehead atoms. The lowest BCUT2D eigenvalue weighted by Gasteiger charge is -2.15. The number of carbonyl (C=O) groups excluding carboxylic acids is 1. The molecule has 18 heavy (non-hydrogen) atoms. The minimum absolute atomic E-state index is 0.0481. The molecule has 1 aliphatic heterocycles. The first-order valence-corrected chi connectivity index (χ1v) is 5.93. The van der Waals surface area contributed by atoms with Crippen molar-refractivity contribution in [1.82, 2.24) is 10.1 Å². The molecule has 0 aliphatic carbocycles. The molecule has 1 aromatic heterocycles. The third-order valence-corrected chi connectivity index (χ3v) is 3.28. The smallest absolute Gasteiger partial charge is 0.303 e. The molecule has 1 unspecified atom stereocenters. The fourth-order valence-corrected chi connectivity index (χ4v) is 2.38. The van der Waals surface area contributed by atoms with Gasteiger partial charge in [0.2, 0.25) is 0 Å². The lowest BCUT2D eigenvalue weighted by atomic mass is 10.1. The predicted octanol–water partition coefficient (Wildman–Crippen LogP) is 1.23. The van der Waals surface area contributed by atoms with E-state index < -0.39 is 5.97 Å². The van der Waals surface area contributed by atoms with Crippen molar-refractivity contribution >= 4 is 11.9 Å². The first-order chi connectivity index (χ1) is 8.49. The Labute approximate surface area is 105 Å². The first kappa shape index (κ1) is 12.6. The van der Waals surface area contributed by atoms with Gasteiger partial charge in [0.05, 0.1) is 5.69 Å². The highest BCUT2D eigenvalue weighted by atomic mass is 16.5. The van der Waals surface area contributed by atoms with Crippen LogP contribution in [0.5, 0.6) is 0 Å². The van der Waals surface area contributed by atoms with Gasteiger partial charge in [-0.15, -0.1) is 0 Å². The van der Waals surface area contributed by atoms with Crippen LogP contribution in [0.15, 0.2) is 4.52 Å². The average Bonchev–Trinajstić information content (AvgIpc) is 2.85. The van der Waals surface area contributed by atoms with Gasteiger partial charge in [-0.05, 0) is 26.2 Å². The molecule has 2 heterocycles. The predicted molar refractivity (Wildman–Crippen MR) is 62.2 cm³/mol. The van der Waals surface area contributed by atoms with Gasteiger partial charge in [0.25, 0.3) is 5.91 Å². The molecule has 0 saturated carbocycles. The highest BCUT2D eigenvalue weighted by Gasteiger charge is 2.31. The van der Waals surface area contributed by atoms with Crippen molar-refractivity contribution in [2.24, 2.45) is 5.92 Å². The molecule has 0 spiro atoms. The number of hydrogen-bond donors (Lipinski definition) is 1. The topological polar surface area (TPSA) is 83.6 Å².